The largest absolute Gasteiger partial charge is 0.508 e. The number of nitrogens with zero attached hydrogens (tertiary/aromatic N) is 2. The zero-order chi connectivity index (χ0) is 12.4. The van der Waals surface area contributed by atoms with Gasteiger partial charge in [-0.25, -0.2) is 0 Å². The van der Waals surface area contributed by atoms with Gasteiger partial charge in [-0.2, -0.15) is 0 Å². The van der Waals surface area contributed by atoms with E-state index in [1.807, 2.05) is 12.1 Å². The highest BCUT2D eigenvalue weighted by molar-refractivity contribution is 5.29. The van der Waals surface area contributed by atoms with E-state index < -0.39 is 0 Å². The van der Waals surface area contributed by atoms with E-state index in [4.69, 9.17) is 0 Å². The number of phenolic OH excluding ortho intramolecular Hbond substituents is 1. The van der Waals surface area contributed by atoms with Gasteiger partial charge in [0.1, 0.15) is 5.75 Å². The van der Waals surface area contributed by atoms with Gasteiger partial charge in [0, 0.05) is 31.7 Å². The topological polar surface area (TPSA) is 26.7 Å². The van der Waals surface area contributed by atoms with Crippen LogP contribution >= 0.6 is 0 Å². The number of phenols is 1. The van der Waals surface area contributed by atoms with Gasteiger partial charge in [-0.15, -0.1) is 0 Å². The summed E-state index contributed by atoms with van der Waals surface area (Å²) in [5, 5.41) is 9.53. The van der Waals surface area contributed by atoms with Crippen LogP contribution in [0, 0.1) is 0 Å². The first-order chi connectivity index (χ1) is 8.08. The second-order valence-electron chi connectivity index (χ2n) is 5.10. The molecule has 2 atom stereocenters. The first-order valence-corrected chi connectivity index (χ1v) is 6.31. The summed E-state index contributed by atoms with van der Waals surface area (Å²) in [6.45, 7) is 7.78. The molecule has 1 N–H and O–H groups in total. The van der Waals surface area contributed by atoms with Crippen LogP contribution in [0.3, 0.4) is 0 Å². The van der Waals surface area contributed by atoms with Crippen LogP contribution in [0.4, 0.5) is 0 Å². The van der Waals surface area contributed by atoms with Crippen molar-refractivity contribution in [1.29, 1.82) is 0 Å². The summed E-state index contributed by atoms with van der Waals surface area (Å²) in [7, 11) is 2.18. The van der Waals surface area contributed by atoms with Gasteiger partial charge >= 0.3 is 0 Å². The zero-order valence-corrected chi connectivity index (χ0v) is 10.9. The number of benzene rings is 1. The highest BCUT2D eigenvalue weighted by atomic mass is 16.3. The molecule has 0 aliphatic carbocycles. The maximum Gasteiger partial charge on any atom is 0.115 e. The van der Waals surface area contributed by atoms with Crippen LogP contribution in [0.25, 0.3) is 0 Å². The number of piperazine rings is 1. The summed E-state index contributed by atoms with van der Waals surface area (Å²) in [4.78, 5) is 4.88. The van der Waals surface area contributed by atoms with E-state index in [1.165, 1.54) is 5.56 Å². The van der Waals surface area contributed by atoms with Gasteiger partial charge in [0.25, 0.3) is 0 Å². The average molecular weight is 234 g/mol. The van der Waals surface area contributed by atoms with Crippen molar-refractivity contribution in [2.24, 2.45) is 0 Å². The second-order valence-corrected chi connectivity index (χ2v) is 5.10. The lowest BCUT2D eigenvalue weighted by Gasteiger charge is -2.40. The van der Waals surface area contributed by atoms with Gasteiger partial charge < -0.3 is 10.0 Å². The van der Waals surface area contributed by atoms with E-state index in [0.29, 0.717) is 17.8 Å². The molecule has 1 aromatic carbocycles. The van der Waals surface area contributed by atoms with Gasteiger partial charge in [0.2, 0.25) is 0 Å². The smallest absolute Gasteiger partial charge is 0.115 e. The summed E-state index contributed by atoms with van der Waals surface area (Å²) in [6, 6.07) is 8.58. The lowest BCUT2D eigenvalue weighted by atomic mass is 10.0. The number of aromatic hydroxyl groups is 1. The molecule has 17 heavy (non-hydrogen) atoms. The van der Waals surface area contributed by atoms with Crippen LogP contribution in [0.15, 0.2) is 24.3 Å². The molecule has 0 saturated carbocycles. The number of likely N-dealkylation sites (N-methyl/N-ethyl adjacent to an activating group) is 1. The molecule has 0 aromatic heterocycles. The van der Waals surface area contributed by atoms with Crippen LogP contribution < -0.4 is 0 Å². The van der Waals surface area contributed by atoms with Crippen molar-refractivity contribution >= 4 is 0 Å². The summed E-state index contributed by atoms with van der Waals surface area (Å²) < 4.78 is 0. The fourth-order valence-corrected chi connectivity index (χ4v) is 2.42. The molecule has 3 heteroatoms. The quantitative estimate of drug-likeness (QED) is 0.849. The third-order valence-electron chi connectivity index (χ3n) is 3.89. The zero-order valence-electron chi connectivity index (χ0n) is 10.9. The first-order valence-electron chi connectivity index (χ1n) is 6.31. The normalized spacial score (nSPS) is 24.8. The van der Waals surface area contributed by atoms with Crippen LogP contribution in [-0.4, -0.2) is 47.6 Å². The molecule has 3 nitrogen and oxygen atoms in total. The van der Waals surface area contributed by atoms with E-state index in [-0.39, 0.29) is 0 Å². The van der Waals surface area contributed by atoms with Crippen molar-refractivity contribution in [3.8, 4) is 5.75 Å². The Morgan fingerprint density at radius 3 is 2.76 bits per heavy atom. The Bertz CT molecular complexity index is 380. The molecule has 1 heterocycles. The first kappa shape index (κ1) is 12.4. The lowest BCUT2D eigenvalue weighted by Crippen LogP contribution is -2.50. The molecule has 2 rings (SSSR count). The standard InChI is InChI=1S/C14H22N2O/c1-11-10-16(8-7-15(11)3)12(2)13-5-4-6-14(17)9-13/h4-6,9,11-12,17H,7-8,10H2,1-3H3. The molecule has 0 radical (unpaired) electrons. The van der Waals surface area contributed by atoms with Gasteiger partial charge in [0.05, 0.1) is 0 Å². The molecule has 0 bridgehead atoms. The van der Waals surface area contributed by atoms with E-state index in [2.05, 4.69) is 36.8 Å². The van der Waals surface area contributed by atoms with E-state index in [1.54, 1.807) is 6.07 Å². The van der Waals surface area contributed by atoms with Gasteiger partial charge in [-0.1, -0.05) is 12.1 Å². The fraction of sp³-hybridized carbons (Fsp3) is 0.571. The summed E-state index contributed by atoms with van der Waals surface area (Å²) in [5.41, 5.74) is 1.20. The summed E-state index contributed by atoms with van der Waals surface area (Å²) in [6.07, 6.45) is 0. The predicted molar refractivity (Wildman–Crippen MR) is 70.2 cm³/mol. The van der Waals surface area contributed by atoms with Crippen LogP contribution in [0.5, 0.6) is 5.75 Å². The second kappa shape index (κ2) is 5.07. The maximum absolute atomic E-state index is 9.53. The Kier molecular flexibility index (Phi) is 3.69. The highest BCUT2D eigenvalue weighted by Gasteiger charge is 2.24. The molecule has 1 fully saturated rings. The van der Waals surface area contributed by atoms with E-state index in [9.17, 15) is 5.11 Å². The van der Waals surface area contributed by atoms with E-state index >= 15 is 0 Å². The molecule has 1 aromatic rings. The Hall–Kier alpha value is -1.06. The third-order valence-corrected chi connectivity index (χ3v) is 3.89. The Labute approximate surface area is 104 Å². The molecule has 0 amide bonds. The molecule has 1 aliphatic rings. The van der Waals surface area contributed by atoms with Crippen molar-refractivity contribution < 1.29 is 5.11 Å². The fourth-order valence-electron chi connectivity index (χ4n) is 2.42. The average Bonchev–Trinajstić information content (AvgIpc) is 2.32. The van der Waals surface area contributed by atoms with Crippen molar-refractivity contribution in [1.82, 2.24) is 9.80 Å². The van der Waals surface area contributed by atoms with E-state index in [0.717, 1.165) is 19.6 Å². The molecule has 94 valence electrons. The minimum Gasteiger partial charge on any atom is -0.508 e. The predicted octanol–water partition coefficient (Wildman–Crippen LogP) is 2.09. The van der Waals surface area contributed by atoms with Crippen molar-refractivity contribution in [3.63, 3.8) is 0 Å². The van der Waals surface area contributed by atoms with Crippen molar-refractivity contribution in [3.05, 3.63) is 29.8 Å². The van der Waals surface area contributed by atoms with Gasteiger partial charge in [-0.05, 0) is 38.6 Å². The minimum absolute atomic E-state index is 0.358. The molecule has 0 spiro atoms. The lowest BCUT2D eigenvalue weighted by molar-refractivity contribution is 0.0774. The molecule has 1 aliphatic heterocycles. The van der Waals surface area contributed by atoms with Crippen molar-refractivity contribution in [2.75, 3.05) is 26.7 Å². The number of rotatable bonds is 2. The summed E-state index contributed by atoms with van der Waals surface area (Å²) >= 11 is 0. The molecule has 1 saturated heterocycles. The highest BCUT2D eigenvalue weighted by Crippen LogP contribution is 2.25. The van der Waals surface area contributed by atoms with Crippen LogP contribution in [0.1, 0.15) is 25.5 Å². The number of hydrogen-bond donors (Lipinski definition) is 1. The summed E-state index contributed by atoms with van der Waals surface area (Å²) in [5.74, 6) is 0.358. The third kappa shape index (κ3) is 2.79. The van der Waals surface area contributed by atoms with Crippen LogP contribution in [-0.2, 0) is 0 Å². The number of hydrogen-bond acceptors (Lipinski definition) is 3. The SMILES string of the molecule is CC1CN(C(C)c2cccc(O)c2)CCN1C. The molecular weight excluding hydrogens is 212 g/mol. The Balaban J connectivity index is 2.07. The molecular formula is C14H22N2O. The van der Waals surface area contributed by atoms with Gasteiger partial charge in [-0.3, -0.25) is 4.90 Å². The van der Waals surface area contributed by atoms with Crippen LogP contribution in [0.2, 0.25) is 0 Å². The van der Waals surface area contributed by atoms with Gasteiger partial charge in [0.15, 0.2) is 0 Å². The maximum atomic E-state index is 9.53. The monoisotopic (exact) mass is 234 g/mol. The Morgan fingerprint density at radius 1 is 1.35 bits per heavy atom. The van der Waals surface area contributed by atoms with Crippen molar-refractivity contribution in [2.45, 2.75) is 25.9 Å². The minimum atomic E-state index is 0.358. The Morgan fingerprint density at radius 2 is 2.12 bits per heavy atom. The molecule has 2 unspecified atom stereocenters.